The zero-order valence-corrected chi connectivity index (χ0v) is 7.28. The van der Waals surface area contributed by atoms with E-state index in [0.29, 0.717) is 6.07 Å². The molecular formula is C7H4BrF3O. The fourth-order valence-electron chi connectivity index (χ4n) is 0.721. The predicted molar refractivity (Wildman–Crippen MR) is 40.7 cm³/mol. The van der Waals surface area contributed by atoms with Gasteiger partial charge < -0.3 is 5.11 Å². The van der Waals surface area contributed by atoms with Crippen molar-refractivity contribution in [2.24, 2.45) is 0 Å². The van der Waals surface area contributed by atoms with Crippen LogP contribution in [0.4, 0.5) is 13.2 Å². The van der Waals surface area contributed by atoms with E-state index >= 15 is 0 Å². The highest BCUT2D eigenvalue weighted by Crippen LogP contribution is 2.31. The molecular weight excluding hydrogens is 237 g/mol. The Morgan fingerprint density at radius 3 is 2.42 bits per heavy atom. The Balaban J connectivity index is 3.23. The molecule has 66 valence electrons. The minimum absolute atomic E-state index is 0.0596. The van der Waals surface area contributed by atoms with E-state index in [1.54, 1.807) is 0 Å². The van der Waals surface area contributed by atoms with Crippen molar-refractivity contribution < 1.29 is 18.3 Å². The molecule has 0 saturated carbocycles. The third-order valence-electron chi connectivity index (χ3n) is 1.30. The lowest BCUT2D eigenvalue weighted by Gasteiger charge is -2.03. The van der Waals surface area contributed by atoms with E-state index in [1.165, 1.54) is 0 Å². The van der Waals surface area contributed by atoms with Gasteiger partial charge in [-0.15, -0.1) is 0 Å². The summed E-state index contributed by atoms with van der Waals surface area (Å²) in [6.45, 7) is 0. The molecule has 1 rings (SSSR count). The van der Waals surface area contributed by atoms with E-state index in [-0.39, 0.29) is 4.47 Å². The van der Waals surface area contributed by atoms with Gasteiger partial charge in [0, 0.05) is 0 Å². The van der Waals surface area contributed by atoms with Gasteiger partial charge in [-0.3, -0.25) is 0 Å². The lowest BCUT2D eigenvalue weighted by atomic mass is 10.2. The molecule has 1 aromatic rings. The Kier molecular flexibility index (Phi) is 2.62. The number of phenolic OH excluding ortho intramolecular Hbond substituents is 1. The molecule has 0 aliphatic heterocycles. The van der Waals surface area contributed by atoms with E-state index in [0.717, 1.165) is 6.07 Å². The van der Waals surface area contributed by atoms with Crippen molar-refractivity contribution in [3.8, 4) is 5.75 Å². The number of aromatic hydroxyl groups is 1. The van der Waals surface area contributed by atoms with Gasteiger partial charge >= 0.3 is 0 Å². The van der Waals surface area contributed by atoms with Crippen LogP contribution >= 0.6 is 15.9 Å². The molecule has 0 saturated heterocycles. The van der Waals surface area contributed by atoms with Crippen LogP contribution in [0.1, 0.15) is 12.0 Å². The largest absolute Gasteiger partial charge is 0.507 e. The van der Waals surface area contributed by atoms with Crippen LogP contribution in [0.15, 0.2) is 16.6 Å². The minimum Gasteiger partial charge on any atom is -0.507 e. The number of hydrogen-bond acceptors (Lipinski definition) is 1. The monoisotopic (exact) mass is 240 g/mol. The molecule has 0 bridgehead atoms. The number of phenols is 1. The first kappa shape index (κ1) is 9.38. The zero-order valence-electron chi connectivity index (χ0n) is 5.69. The molecule has 0 aromatic heterocycles. The first-order chi connectivity index (χ1) is 5.52. The molecule has 12 heavy (non-hydrogen) atoms. The van der Waals surface area contributed by atoms with E-state index in [4.69, 9.17) is 5.11 Å². The van der Waals surface area contributed by atoms with E-state index < -0.39 is 23.6 Å². The molecule has 0 fully saturated rings. The number of alkyl halides is 2. The van der Waals surface area contributed by atoms with Crippen molar-refractivity contribution in [1.29, 1.82) is 0 Å². The molecule has 1 N–H and O–H groups in total. The molecule has 1 nitrogen and oxygen atoms in total. The highest BCUT2D eigenvalue weighted by atomic mass is 79.9. The van der Waals surface area contributed by atoms with Crippen LogP contribution in [-0.4, -0.2) is 5.11 Å². The van der Waals surface area contributed by atoms with Crippen LogP contribution in [0.2, 0.25) is 0 Å². The van der Waals surface area contributed by atoms with Gasteiger partial charge in [-0.05, 0) is 28.1 Å². The predicted octanol–water partition coefficient (Wildman–Crippen LogP) is 3.23. The van der Waals surface area contributed by atoms with Crippen LogP contribution in [-0.2, 0) is 0 Å². The van der Waals surface area contributed by atoms with Gasteiger partial charge in [0.15, 0.2) is 0 Å². The smallest absolute Gasteiger partial charge is 0.266 e. The molecule has 0 aliphatic carbocycles. The number of benzene rings is 1. The molecule has 0 heterocycles. The molecule has 5 heteroatoms. The van der Waals surface area contributed by atoms with Crippen LogP contribution < -0.4 is 0 Å². The second-order valence-corrected chi connectivity index (χ2v) is 2.98. The molecule has 0 radical (unpaired) electrons. The normalized spacial score (nSPS) is 10.8. The zero-order chi connectivity index (χ0) is 9.30. The number of halogens is 4. The lowest BCUT2D eigenvalue weighted by molar-refractivity contribution is 0.146. The molecule has 1 aromatic carbocycles. The fraction of sp³-hybridized carbons (Fsp3) is 0.143. The molecule has 0 atom stereocenters. The van der Waals surface area contributed by atoms with Gasteiger partial charge in [-0.2, -0.15) is 0 Å². The third kappa shape index (κ3) is 1.72. The SMILES string of the molecule is Oc1cc(C(F)F)c(F)cc1Br. The second kappa shape index (κ2) is 3.35. The number of hydrogen-bond donors (Lipinski definition) is 1. The summed E-state index contributed by atoms with van der Waals surface area (Å²) in [6, 6.07) is 1.50. The van der Waals surface area contributed by atoms with Gasteiger partial charge in [-0.25, -0.2) is 13.2 Å². The van der Waals surface area contributed by atoms with E-state index in [1.807, 2.05) is 0 Å². The van der Waals surface area contributed by atoms with Crippen LogP contribution in [0.3, 0.4) is 0 Å². The Morgan fingerprint density at radius 2 is 1.92 bits per heavy atom. The van der Waals surface area contributed by atoms with Crippen molar-refractivity contribution in [2.75, 3.05) is 0 Å². The van der Waals surface area contributed by atoms with E-state index in [2.05, 4.69) is 15.9 Å². The van der Waals surface area contributed by atoms with Crippen molar-refractivity contribution >= 4 is 15.9 Å². The van der Waals surface area contributed by atoms with Gasteiger partial charge in [0.05, 0.1) is 10.0 Å². The van der Waals surface area contributed by atoms with Gasteiger partial charge in [-0.1, -0.05) is 0 Å². The van der Waals surface area contributed by atoms with Gasteiger partial charge in [0.2, 0.25) is 0 Å². The summed E-state index contributed by atoms with van der Waals surface area (Å²) in [5.41, 5.74) is -0.796. The summed E-state index contributed by atoms with van der Waals surface area (Å²) in [5.74, 6) is -1.43. The molecule has 0 spiro atoms. The maximum absolute atomic E-state index is 12.7. The first-order valence-corrected chi connectivity index (χ1v) is 3.77. The highest BCUT2D eigenvalue weighted by Gasteiger charge is 2.15. The maximum atomic E-state index is 12.7. The Morgan fingerprint density at radius 1 is 1.33 bits per heavy atom. The van der Waals surface area contributed by atoms with Gasteiger partial charge in [0.1, 0.15) is 11.6 Å². The van der Waals surface area contributed by atoms with Crippen LogP contribution in [0.5, 0.6) is 5.75 Å². The highest BCUT2D eigenvalue weighted by molar-refractivity contribution is 9.10. The average molecular weight is 241 g/mol. The summed E-state index contributed by atoms with van der Waals surface area (Å²) in [7, 11) is 0. The Hall–Kier alpha value is -0.710. The van der Waals surface area contributed by atoms with Crippen molar-refractivity contribution in [3.05, 3.63) is 28.0 Å². The Bertz CT molecular complexity index is 301. The lowest BCUT2D eigenvalue weighted by Crippen LogP contribution is -1.90. The van der Waals surface area contributed by atoms with Crippen LogP contribution in [0, 0.1) is 5.82 Å². The molecule has 0 amide bonds. The van der Waals surface area contributed by atoms with Crippen molar-refractivity contribution in [3.63, 3.8) is 0 Å². The maximum Gasteiger partial charge on any atom is 0.266 e. The Labute approximate surface area is 75.0 Å². The van der Waals surface area contributed by atoms with Crippen molar-refractivity contribution in [2.45, 2.75) is 6.43 Å². The topological polar surface area (TPSA) is 20.2 Å². The summed E-state index contributed by atoms with van der Waals surface area (Å²) in [6.07, 6.45) is -2.91. The second-order valence-electron chi connectivity index (χ2n) is 2.13. The van der Waals surface area contributed by atoms with E-state index in [9.17, 15) is 13.2 Å². The van der Waals surface area contributed by atoms with Gasteiger partial charge in [0.25, 0.3) is 6.43 Å². The molecule has 0 aliphatic rings. The molecule has 0 unspecified atom stereocenters. The summed E-state index contributed by atoms with van der Waals surface area (Å²) >= 11 is 2.79. The average Bonchev–Trinajstić information content (AvgIpc) is 1.96. The summed E-state index contributed by atoms with van der Waals surface area (Å²) in [5, 5.41) is 8.93. The summed E-state index contributed by atoms with van der Waals surface area (Å²) in [4.78, 5) is 0. The first-order valence-electron chi connectivity index (χ1n) is 2.98. The minimum atomic E-state index is -2.91. The van der Waals surface area contributed by atoms with Crippen molar-refractivity contribution in [1.82, 2.24) is 0 Å². The summed E-state index contributed by atoms with van der Waals surface area (Å²) < 4.78 is 36.7. The van der Waals surface area contributed by atoms with Crippen LogP contribution in [0.25, 0.3) is 0 Å². The fourth-order valence-corrected chi connectivity index (χ4v) is 1.04. The standard InChI is InChI=1S/C7H4BrF3O/c8-4-2-5(9)3(7(10)11)1-6(4)12/h1-2,7,12H. The quantitative estimate of drug-likeness (QED) is 0.800. The third-order valence-corrected chi connectivity index (χ3v) is 1.94. The number of rotatable bonds is 1.